The van der Waals surface area contributed by atoms with E-state index in [4.69, 9.17) is 22.7 Å². The van der Waals surface area contributed by atoms with Crippen LogP contribution in [0.5, 0.6) is 5.75 Å². The molecule has 1 saturated carbocycles. The van der Waals surface area contributed by atoms with E-state index in [1.807, 2.05) is 0 Å². The Kier molecular flexibility index (Phi) is 4.90. The number of hydrazine groups is 1. The largest absolute Gasteiger partial charge is 0.497 e. The molecule has 0 heterocycles. The minimum absolute atomic E-state index is 0.0576. The number of carbonyl (C=O) groups excluding carboxylic acids is 1. The maximum absolute atomic E-state index is 12.6. The van der Waals surface area contributed by atoms with Gasteiger partial charge in [-0.1, -0.05) is 29.8 Å². The standard InChI is InChI=1S/C19H21N3O2S/c1-12-3-5-13(6-4-12)16-11-17(16)18(23)21-22(19(20)25)14-7-9-15(24-2)10-8-14/h3-10,16-17H,11H2,1-2H3,(H2,20,25)(H,21,23). The van der Waals surface area contributed by atoms with Crippen molar-refractivity contribution in [1.82, 2.24) is 5.43 Å². The fraction of sp³-hybridized carbons (Fsp3) is 0.263. The van der Waals surface area contributed by atoms with Crippen LogP contribution in [0.2, 0.25) is 0 Å². The molecule has 2 unspecified atom stereocenters. The average Bonchev–Trinajstić information content (AvgIpc) is 3.41. The van der Waals surface area contributed by atoms with Gasteiger partial charge in [-0.15, -0.1) is 0 Å². The van der Waals surface area contributed by atoms with Gasteiger partial charge in [0.15, 0.2) is 5.11 Å². The summed E-state index contributed by atoms with van der Waals surface area (Å²) in [6.07, 6.45) is 0.836. The molecule has 1 aliphatic carbocycles. The van der Waals surface area contributed by atoms with Gasteiger partial charge >= 0.3 is 0 Å². The second-order valence-corrected chi connectivity index (χ2v) is 6.63. The molecular formula is C19H21N3O2S. The Hall–Kier alpha value is -2.60. The number of hydrogen-bond acceptors (Lipinski definition) is 3. The fourth-order valence-corrected chi connectivity index (χ4v) is 2.99. The van der Waals surface area contributed by atoms with Gasteiger partial charge in [-0.05, 0) is 61.3 Å². The van der Waals surface area contributed by atoms with Crippen LogP contribution in [0.3, 0.4) is 0 Å². The lowest BCUT2D eigenvalue weighted by atomic mass is 10.1. The van der Waals surface area contributed by atoms with Crippen LogP contribution >= 0.6 is 12.2 Å². The zero-order chi connectivity index (χ0) is 18.0. The summed E-state index contributed by atoms with van der Waals surface area (Å²) in [7, 11) is 1.60. The second-order valence-electron chi connectivity index (χ2n) is 6.21. The molecule has 0 aromatic heterocycles. The van der Waals surface area contributed by atoms with Gasteiger partial charge in [0.2, 0.25) is 5.91 Å². The quantitative estimate of drug-likeness (QED) is 0.652. The van der Waals surface area contributed by atoms with E-state index >= 15 is 0 Å². The summed E-state index contributed by atoms with van der Waals surface area (Å²) in [6, 6.07) is 15.5. The summed E-state index contributed by atoms with van der Waals surface area (Å²) in [6.45, 7) is 2.05. The lowest BCUT2D eigenvalue weighted by molar-refractivity contribution is -0.122. The molecule has 3 N–H and O–H groups in total. The number of thiocarbonyl (C=S) groups is 1. The van der Waals surface area contributed by atoms with Gasteiger partial charge in [-0.3, -0.25) is 10.2 Å². The van der Waals surface area contributed by atoms with Crippen molar-refractivity contribution in [3.05, 3.63) is 59.7 Å². The van der Waals surface area contributed by atoms with E-state index in [9.17, 15) is 4.79 Å². The maximum Gasteiger partial charge on any atom is 0.242 e. The lowest BCUT2D eigenvalue weighted by Crippen LogP contribution is -2.49. The number of rotatable bonds is 4. The van der Waals surface area contributed by atoms with Gasteiger partial charge in [0, 0.05) is 5.92 Å². The van der Waals surface area contributed by atoms with Crippen molar-refractivity contribution in [3.8, 4) is 5.75 Å². The molecule has 2 aromatic rings. The Morgan fingerprint density at radius 1 is 1.20 bits per heavy atom. The van der Waals surface area contributed by atoms with Crippen LogP contribution in [0.1, 0.15) is 23.5 Å². The number of benzene rings is 2. The Bertz CT molecular complexity index is 774. The summed E-state index contributed by atoms with van der Waals surface area (Å²) in [5.41, 5.74) is 11.7. The Labute approximate surface area is 152 Å². The number of nitrogens with zero attached hydrogens (tertiary/aromatic N) is 1. The SMILES string of the molecule is COc1ccc(N(NC(=O)C2CC2c2ccc(C)cc2)C(N)=S)cc1. The van der Waals surface area contributed by atoms with Crippen molar-refractivity contribution in [3.63, 3.8) is 0 Å². The summed E-state index contributed by atoms with van der Waals surface area (Å²) in [5.74, 6) is 0.844. The van der Waals surface area contributed by atoms with Crippen LogP contribution in [0, 0.1) is 12.8 Å². The van der Waals surface area contributed by atoms with Crippen LogP contribution in [0.15, 0.2) is 48.5 Å². The third-order valence-corrected chi connectivity index (χ3v) is 4.59. The van der Waals surface area contributed by atoms with Crippen LogP contribution in [0.4, 0.5) is 5.69 Å². The number of aryl methyl sites for hydroxylation is 1. The number of nitrogens with two attached hydrogens (primary N) is 1. The lowest BCUT2D eigenvalue weighted by Gasteiger charge is -2.23. The maximum atomic E-state index is 12.6. The molecule has 25 heavy (non-hydrogen) atoms. The molecular weight excluding hydrogens is 334 g/mol. The number of anilines is 1. The molecule has 0 bridgehead atoms. The van der Waals surface area contributed by atoms with Crippen LogP contribution in [-0.2, 0) is 4.79 Å². The van der Waals surface area contributed by atoms with E-state index in [1.54, 1.807) is 31.4 Å². The van der Waals surface area contributed by atoms with E-state index in [0.717, 1.165) is 12.2 Å². The number of amides is 1. The predicted molar refractivity (Wildman–Crippen MR) is 102 cm³/mol. The number of nitrogens with one attached hydrogen (secondary N) is 1. The van der Waals surface area contributed by atoms with Crippen molar-refractivity contribution < 1.29 is 9.53 Å². The van der Waals surface area contributed by atoms with Gasteiger partial charge in [0.25, 0.3) is 0 Å². The highest BCUT2D eigenvalue weighted by molar-refractivity contribution is 7.80. The first-order valence-electron chi connectivity index (χ1n) is 8.10. The molecule has 2 atom stereocenters. The highest BCUT2D eigenvalue weighted by Crippen LogP contribution is 2.47. The smallest absolute Gasteiger partial charge is 0.242 e. The molecule has 1 aliphatic rings. The van der Waals surface area contributed by atoms with Crippen molar-refractivity contribution in [2.45, 2.75) is 19.3 Å². The first kappa shape index (κ1) is 17.2. The molecule has 0 aliphatic heterocycles. The molecule has 130 valence electrons. The fourth-order valence-electron chi connectivity index (χ4n) is 2.84. The molecule has 1 amide bonds. The molecule has 6 heteroatoms. The number of carbonyl (C=O) groups is 1. The highest BCUT2D eigenvalue weighted by Gasteiger charge is 2.44. The third kappa shape index (κ3) is 3.91. The summed E-state index contributed by atoms with van der Waals surface area (Å²) < 4.78 is 5.14. The minimum Gasteiger partial charge on any atom is -0.497 e. The first-order valence-corrected chi connectivity index (χ1v) is 8.51. The van der Waals surface area contributed by atoms with E-state index < -0.39 is 0 Å². The zero-order valence-corrected chi connectivity index (χ0v) is 15.0. The second kappa shape index (κ2) is 7.11. The Balaban J connectivity index is 1.67. The number of ether oxygens (including phenoxy) is 1. The van der Waals surface area contributed by atoms with Gasteiger partial charge in [-0.2, -0.15) is 0 Å². The summed E-state index contributed by atoms with van der Waals surface area (Å²) in [5, 5.41) is 1.52. The summed E-state index contributed by atoms with van der Waals surface area (Å²) in [4.78, 5) is 12.6. The Morgan fingerprint density at radius 2 is 1.84 bits per heavy atom. The molecule has 0 saturated heterocycles. The highest BCUT2D eigenvalue weighted by atomic mass is 32.1. The molecule has 1 fully saturated rings. The molecule has 0 radical (unpaired) electrons. The summed E-state index contributed by atoms with van der Waals surface area (Å²) >= 11 is 5.08. The van der Waals surface area contributed by atoms with Crippen molar-refractivity contribution in [2.75, 3.05) is 12.1 Å². The van der Waals surface area contributed by atoms with Crippen molar-refractivity contribution in [2.24, 2.45) is 11.7 Å². The van der Waals surface area contributed by atoms with Gasteiger partial charge in [-0.25, -0.2) is 5.01 Å². The monoisotopic (exact) mass is 355 g/mol. The van der Waals surface area contributed by atoms with Crippen molar-refractivity contribution >= 4 is 28.9 Å². The Morgan fingerprint density at radius 3 is 2.40 bits per heavy atom. The van der Waals surface area contributed by atoms with Gasteiger partial charge in [0.05, 0.1) is 12.8 Å². The number of hydrogen-bond donors (Lipinski definition) is 2. The van der Waals surface area contributed by atoms with E-state index in [0.29, 0.717) is 5.69 Å². The van der Waals surface area contributed by atoms with Gasteiger partial charge in [0.1, 0.15) is 5.75 Å². The molecule has 2 aromatic carbocycles. The van der Waals surface area contributed by atoms with Crippen LogP contribution in [0.25, 0.3) is 0 Å². The van der Waals surface area contributed by atoms with E-state index in [2.05, 4.69) is 36.6 Å². The average molecular weight is 355 g/mol. The normalized spacial score (nSPS) is 18.3. The van der Waals surface area contributed by atoms with Gasteiger partial charge < -0.3 is 10.5 Å². The molecule has 3 rings (SSSR count). The minimum atomic E-state index is -0.0748. The zero-order valence-electron chi connectivity index (χ0n) is 14.2. The number of methoxy groups -OCH3 is 1. The van der Waals surface area contributed by atoms with Crippen LogP contribution in [-0.4, -0.2) is 18.1 Å². The molecule has 5 nitrogen and oxygen atoms in total. The van der Waals surface area contributed by atoms with Crippen LogP contribution < -0.4 is 20.9 Å². The molecule has 0 spiro atoms. The van der Waals surface area contributed by atoms with Crippen molar-refractivity contribution in [1.29, 1.82) is 0 Å². The van der Waals surface area contributed by atoms with E-state index in [1.165, 1.54) is 16.1 Å². The predicted octanol–water partition coefficient (Wildman–Crippen LogP) is 2.89. The topological polar surface area (TPSA) is 67.6 Å². The van der Waals surface area contributed by atoms with E-state index in [-0.39, 0.29) is 22.9 Å². The first-order chi connectivity index (χ1) is 12.0. The third-order valence-electron chi connectivity index (χ3n) is 4.41.